The van der Waals surface area contributed by atoms with Crippen LogP contribution in [-0.2, 0) is 18.9 Å². The van der Waals surface area contributed by atoms with E-state index in [9.17, 15) is 0 Å². The molecule has 0 N–H and O–H groups in total. The standard InChI is InChI=1S/C22H46O4S/c1-5-9-10-11-12-13-16-21(17-14-18-23-19-15-20-27)22(24-6-2,25-7-3)26-8-4/h21,27H,5-20H2,1-4H3. The summed E-state index contributed by atoms with van der Waals surface area (Å²) in [4.78, 5) is 0. The summed E-state index contributed by atoms with van der Waals surface area (Å²) in [6.07, 6.45) is 11.8. The van der Waals surface area contributed by atoms with E-state index in [0.29, 0.717) is 19.8 Å². The number of hydrogen-bond acceptors (Lipinski definition) is 5. The monoisotopic (exact) mass is 406 g/mol. The Kier molecular flexibility index (Phi) is 19.6. The molecule has 1 unspecified atom stereocenters. The van der Waals surface area contributed by atoms with E-state index in [-0.39, 0.29) is 5.92 Å². The molecule has 0 aromatic carbocycles. The lowest BCUT2D eigenvalue weighted by atomic mass is 9.93. The molecule has 0 aliphatic heterocycles. The first-order valence-corrected chi connectivity index (χ1v) is 11.9. The second kappa shape index (κ2) is 19.5. The second-order valence-corrected chi connectivity index (χ2v) is 7.43. The van der Waals surface area contributed by atoms with E-state index in [2.05, 4.69) is 19.6 Å². The highest BCUT2D eigenvalue weighted by atomic mass is 32.1. The molecule has 5 heteroatoms. The fourth-order valence-corrected chi connectivity index (χ4v) is 3.58. The average molecular weight is 407 g/mol. The van der Waals surface area contributed by atoms with Crippen molar-refractivity contribution in [3.63, 3.8) is 0 Å². The van der Waals surface area contributed by atoms with Crippen molar-refractivity contribution in [3.05, 3.63) is 0 Å². The summed E-state index contributed by atoms with van der Waals surface area (Å²) in [5.74, 6) is 0.201. The second-order valence-electron chi connectivity index (χ2n) is 6.99. The average Bonchev–Trinajstić information content (AvgIpc) is 2.66. The normalized spacial score (nSPS) is 13.2. The Morgan fingerprint density at radius 3 is 1.74 bits per heavy atom. The van der Waals surface area contributed by atoms with Crippen LogP contribution < -0.4 is 0 Å². The van der Waals surface area contributed by atoms with Crippen LogP contribution in [0.25, 0.3) is 0 Å². The Morgan fingerprint density at radius 1 is 0.667 bits per heavy atom. The molecule has 0 aromatic heterocycles. The van der Waals surface area contributed by atoms with Crippen molar-refractivity contribution < 1.29 is 18.9 Å². The largest absolute Gasteiger partial charge is 0.381 e. The lowest BCUT2D eigenvalue weighted by molar-refractivity contribution is -0.403. The maximum Gasteiger partial charge on any atom is 0.285 e. The van der Waals surface area contributed by atoms with Gasteiger partial charge in [0.05, 0.1) is 0 Å². The zero-order valence-corrected chi connectivity index (χ0v) is 19.4. The predicted molar refractivity (Wildman–Crippen MR) is 118 cm³/mol. The van der Waals surface area contributed by atoms with Gasteiger partial charge in [-0.1, -0.05) is 45.4 Å². The molecule has 0 saturated heterocycles. The fraction of sp³-hybridized carbons (Fsp3) is 1.00. The molecule has 4 nitrogen and oxygen atoms in total. The van der Waals surface area contributed by atoms with Gasteiger partial charge in [0.25, 0.3) is 5.97 Å². The summed E-state index contributed by atoms with van der Waals surface area (Å²) in [5.41, 5.74) is 0. The smallest absolute Gasteiger partial charge is 0.285 e. The minimum Gasteiger partial charge on any atom is -0.381 e. The maximum absolute atomic E-state index is 6.07. The van der Waals surface area contributed by atoms with Gasteiger partial charge >= 0.3 is 0 Å². The van der Waals surface area contributed by atoms with Gasteiger partial charge in [-0.15, -0.1) is 0 Å². The molecular formula is C22H46O4S. The van der Waals surface area contributed by atoms with Gasteiger partial charge in [-0.05, 0) is 52.2 Å². The molecule has 0 heterocycles. The third kappa shape index (κ3) is 13.1. The summed E-state index contributed by atoms with van der Waals surface area (Å²) in [6.45, 7) is 11.6. The van der Waals surface area contributed by atoms with Crippen molar-refractivity contribution in [2.45, 2.75) is 97.9 Å². The highest BCUT2D eigenvalue weighted by Gasteiger charge is 2.41. The Labute approximate surface area is 174 Å². The van der Waals surface area contributed by atoms with Crippen LogP contribution in [0.4, 0.5) is 0 Å². The predicted octanol–water partition coefficient (Wildman–Crippen LogP) is 6.23. The quantitative estimate of drug-likeness (QED) is 0.139. The summed E-state index contributed by atoms with van der Waals surface area (Å²) >= 11 is 4.23. The van der Waals surface area contributed by atoms with Crippen LogP contribution in [-0.4, -0.2) is 44.8 Å². The Balaban J connectivity index is 4.71. The van der Waals surface area contributed by atoms with E-state index in [1.54, 1.807) is 0 Å². The molecule has 0 spiro atoms. The minimum atomic E-state index is -0.910. The highest BCUT2D eigenvalue weighted by Crippen LogP contribution is 2.34. The zero-order valence-electron chi connectivity index (χ0n) is 18.5. The number of rotatable bonds is 21. The minimum absolute atomic E-state index is 0.233. The van der Waals surface area contributed by atoms with E-state index in [1.807, 2.05) is 20.8 Å². The number of ether oxygens (including phenoxy) is 4. The van der Waals surface area contributed by atoms with Gasteiger partial charge in [0, 0.05) is 39.0 Å². The van der Waals surface area contributed by atoms with Crippen molar-refractivity contribution >= 4 is 12.6 Å². The number of thiol groups is 1. The van der Waals surface area contributed by atoms with Gasteiger partial charge < -0.3 is 18.9 Å². The van der Waals surface area contributed by atoms with Gasteiger partial charge in [0.2, 0.25) is 0 Å². The number of hydrogen-bond donors (Lipinski definition) is 1. The van der Waals surface area contributed by atoms with E-state index in [4.69, 9.17) is 18.9 Å². The van der Waals surface area contributed by atoms with Crippen LogP contribution in [0, 0.1) is 5.92 Å². The Hall–Kier alpha value is 0.190. The van der Waals surface area contributed by atoms with Crippen molar-refractivity contribution in [1.82, 2.24) is 0 Å². The first-order valence-electron chi connectivity index (χ1n) is 11.3. The summed E-state index contributed by atoms with van der Waals surface area (Å²) in [5, 5.41) is 0. The summed E-state index contributed by atoms with van der Waals surface area (Å²) < 4.78 is 23.9. The van der Waals surface area contributed by atoms with Crippen LogP contribution in [0.5, 0.6) is 0 Å². The lowest BCUT2D eigenvalue weighted by Crippen LogP contribution is -2.47. The van der Waals surface area contributed by atoms with Gasteiger partial charge in [-0.2, -0.15) is 12.6 Å². The van der Waals surface area contributed by atoms with Crippen molar-refractivity contribution in [2.24, 2.45) is 5.92 Å². The van der Waals surface area contributed by atoms with Gasteiger partial charge in [-0.3, -0.25) is 0 Å². The van der Waals surface area contributed by atoms with Crippen molar-refractivity contribution in [2.75, 3.05) is 38.8 Å². The van der Waals surface area contributed by atoms with Gasteiger partial charge in [0.15, 0.2) is 0 Å². The van der Waals surface area contributed by atoms with E-state index in [1.165, 1.54) is 38.5 Å². The zero-order chi connectivity index (χ0) is 20.2. The lowest BCUT2D eigenvalue weighted by Gasteiger charge is -2.39. The van der Waals surface area contributed by atoms with Crippen LogP contribution in [0.2, 0.25) is 0 Å². The summed E-state index contributed by atoms with van der Waals surface area (Å²) in [6, 6.07) is 0. The van der Waals surface area contributed by atoms with Crippen molar-refractivity contribution in [3.8, 4) is 0 Å². The van der Waals surface area contributed by atoms with Crippen LogP contribution in [0.1, 0.15) is 91.9 Å². The Bertz CT molecular complexity index is 269. The highest BCUT2D eigenvalue weighted by molar-refractivity contribution is 7.80. The first kappa shape index (κ1) is 27.2. The van der Waals surface area contributed by atoms with E-state index in [0.717, 1.165) is 44.6 Å². The van der Waals surface area contributed by atoms with E-state index < -0.39 is 5.97 Å². The molecule has 0 fully saturated rings. The Morgan fingerprint density at radius 2 is 1.19 bits per heavy atom. The molecular weight excluding hydrogens is 360 g/mol. The molecule has 0 bridgehead atoms. The van der Waals surface area contributed by atoms with Crippen LogP contribution in [0.3, 0.4) is 0 Å². The van der Waals surface area contributed by atoms with Gasteiger partial charge in [-0.25, -0.2) is 0 Å². The molecule has 0 saturated carbocycles. The molecule has 27 heavy (non-hydrogen) atoms. The third-order valence-electron chi connectivity index (χ3n) is 4.73. The fourth-order valence-electron chi connectivity index (χ4n) is 3.45. The third-order valence-corrected chi connectivity index (χ3v) is 5.05. The molecule has 0 amide bonds. The topological polar surface area (TPSA) is 36.9 Å². The molecule has 0 rings (SSSR count). The molecule has 0 radical (unpaired) electrons. The van der Waals surface area contributed by atoms with Gasteiger partial charge in [0.1, 0.15) is 0 Å². The van der Waals surface area contributed by atoms with Crippen LogP contribution in [0.15, 0.2) is 0 Å². The maximum atomic E-state index is 6.07. The molecule has 0 aromatic rings. The first-order chi connectivity index (χ1) is 13.2. The molecule has 0 aliphatic rings. The van der Waals surface area contributed by atoms with E-state index >= 15 is 0 Å². The molecule has 0 aliphatic carbocycles. The molecule has 1 atom stereocenters. The molecule has 164 valence electrons. The SMILES string of the molecule is CCCCCCCCC(CCCOCCCS)C(OCC)(OCC)OCC. The number of unbranched alkanes of at least 4 members (excludes halogenated alkanes) is 5. The van der Waals surface area contributed by atoms with Crippen molar-refractivity contribution in [1.29, 1.82) is 0 Å². The van der Waals surface area contributed by atoms with Crippen LogP contribution >= 0.6 is 12.6 Å². The summed E-state index contributed by atoms with van der Waals surface area (Å²) in [7, 11) is 0.